The number of hydrogen-bond acceptors (Lipinski definition) is 3. The first kappa shape index (κ1) is 25.6. The minimum absolute atomic E-state index is 0.709. The molecule has 1 rings (SSSR count). The fraction of sp³-hybridized carbons (Fsp3) is 0.250. The van der Waals surface area contributed by atoms with E-state index in [-0.39, 0.29) is 0 Å². The molecule has 0 spiro atoms. The molecule has 0 aromatic heterocycles. The minimum Gasteiger partial charge on any atom is -0.411 e. The predicted octanol–water partition coefficient (Wildman–Crippen LogP) is 5.80. The lowest BCUT2D eigenvalue weighted by molar-refractivity contribution is 0.185. The molecule has 3 nitrogen and oxygen atoms in total. The van der Waals surface area contributed by atoms with Gasteiger partial charge in [-0.15, -0.1) is 6.58 Å². The van der Waals surface area contributed by atoms with Crippen LogP contribution in [0.3, 0.4) is 0 Å². The highest BCUT2D eigenvalue weighted by Gasteiger charge is 1.84. The monoisotopic (exact) mass is 317 g/mol. The van der Waals surface area contributed by atoms with Gasteiger partial charge in [0, 0.05) is 7.11 Å². The summed E-state index contributed by atoms with van der Waals surface area (Å²) >= 11 is 0. The lowest BCUT2D eigenvalue weighted by Gasteiger charge is -1.95. The van der Waals surface area contributed by atoms with Crippen molar-refractivity contribution >= 4 is 6.21 Å². The number of benzene rings is 1. The van der Waals surface area contributed by atoms with Crippen LogP contribution in [-0.4, -0.2) is 18.5 Å². The summed E-state index contributed by atoms with van der Waals surface area (Å²) in [5.41, 5.74) is 1.95. The van der Waals surface area contributed by atoms with Crippen LogP contribution < -0.4 is 0 Å². The van der Waals surface area contributed by atoms with E-state index in [1.54, 1.807) is 31.4 Å². The summed E-state index contributed by atoms with van der Waals surface area (Å²) in [4.78, 5) is 0. The number of rotatable bonds is 5. The summed E-state index contributed by atoms with van der Waals surface area (Å²) in [6.07, 6.45) is 7.89. The molecule has 128 valence electrons. The maximum atomic E-state index is 8.04. The standard InChI is InChI=1S/C8H10O.C7H9NO.C3H6.C2H6/c1-9-7-8-5-3-2-4-6-8;1-3-5-7(4-2)6-8-9;1-3-2;1-2/h2-6H,7H2,1H3;3-6,9H,1-2H2;3H,1H2,2H3;1-2H3/b;7-5+,8-6+;;. The summed E-state index contributed by atoms with van der Waals surface area (Å²) in [6.45, 7) is 16.9. The second kappa shape index (κ2) is 24.6. The fourth-order valence-electron chi connectivity index (χ4n) is 1.11. The van der Waals surface area contributed by atoms with Crippen LogP contribution in [0.25, 0.3) is 0 Å². The Kier molecular flexibility index (Phi) is 27.4. The van der Waals surface area contributed by atoms with Crippen LogP contribution in [-0.2, 0) is 11.3 Å². The maximum Gasteiger partial charge on any atom is 0.0733 e. The topological polar surface area (TPSA) is 41.8 Å². The van der Waals surface area contributed by atoms with Crippen molar-refractivity contribution in [2.45, 2.75) is 27.4 Å². The van der Waals surface area contributed by atoms with E-state index in [1.807, 2.05) is 51.1 Å². The molecule has 23 heavy (non-hydrogen) atoms. The van der Waals surface area contributed by atoms with Crippen molar-refractivity contribution in [3.63, 3.8) is 0 Å². The summed E-state index contributed by atoms with van der Waals surface area (Å²) in [7, 11) is 1.70. The molecule has 1 N–H and O–H groups in total. The Hall–Kier alpha value is -2.39. The van der Waals surface area contributed by atoms with Gasteiger partial charge in [-0.2, -0.15) is 0 Å². The van der Waals surface area contributed by atoms with E-state index in [2.05, 4.69) is 24.9 Å². The predicted molar refractivity (Wildman–Crippen MR) is 103 cm³/mol. The Morgan fingerprint density at radius 2 is 1.70 bits per heavy atom. The molecular formula is C20H31NO2. The molecule has 0 radical (unpaired) electrons. The van der Waals surface area contributed by atoms with E-state index in [0.717, 1.165) is 5.57 Å². The fourth-order valence-corrected chi connectivity index (χ4v) is 1.11. The van der Waals surface area contributed by atoms with Crippen molar-refractivity contribution < 1.29 is 9.94 Å². The first-order valence-corrected chi connectivity index (χ1v) is 7.42. The van der Waals surface area contributed by atoms with Gasteiger partial charge in [-0.05, 0) is 18.1 Å². The zero-order chi connectivity index (χ0) is 18.3. The van der Waals surface area contributed by atoms with Crippen LogP contribution in [0.4, 0.5) is 0 Å². The summed E-state index contributed by atoms with van der Waals surface area (Å²) in [6, 6.07) is 10.1. The van der Waals surface area contributed by atoms with Crippen LogP contribution in [0, 0.1) is 0 Å². The Morgan fingerprint density at radius 1 is 1.17 bits per heavy atom. The van der Waals surface area contributed by atoms with Crippen molar-refractivity contribution in [3.05, 3.63) is 85.5 Å². The van der Waals surface area contributed by atoms with Crippen LogP contribution in [0.15, 0.2) is 85.1 Å². The van der Waals surface area contributed by atoms with Crippen molar-refractivity contribution in [1.82, 2.24) is 0 Å². The van der Waals surface area contributed by atoms with Crippen LogP contribution in [0.2, 0.25) is 0 Å². The van der Waals surface area contributed by atoms with Crippen molar-refractivity contribution in [3.8, 4) is 0 Å². The third kappa shape index (κ3) is 22.0. The van der Waals surface area contributed by atoms with Gasteiger partial charge in [0.15, 0.2) is 0 Å². The molecule has 3 heteroatoms. The van der Waals surface area contributed by atoms with Gasteiger partial charge in [-0.1, -0.05) is 86.8 Å². The number of ether oxygens (including phenoxy) is 1. The van der Waals surface area contributed by atoms with Crippen LogP contribution in [0.5, 0.6) is 0 Å². The zero-order valence-electron chi connectivity index (χ0n) is 14.9. The molecule has 0 saturated heterocycles. The number of allylic oxidation sites excluding steroid dienone is 5. The van der Waals surface area contributed by atoms with Crippen LogP contribution >= 0.6 is 0 Å². The van der Waals surface area contributed by atoms with E-state index >= 15 is 0 Å². The first-order chi connectivity index (χ1) is 11.2. The van der Waals surface area contributed by atoms with Gasteiger partial charge in [-0.3, -0.25) is 0 Å². The molecular weight excluding hydrogens is 286 g/mol. The third-order valence-corrected chi connectivity index (χ3v) is 1.91. The van der Waals surface area contributed by atoms with Crippen LogP contribution in [0.1, 0.15) is 26.3 Å². The first-order valence-electron chi connectivity index (χ1n) is 7.42. The second-order valence-corrected chi connectivity index (χ2v) is 3.68. The van der Waals surface area contributed by atoms with E-state index in [4.69, 9.17) is 9.94 Å². The molecule has 0 heterocycles. The van der Waals surface area contributed by atoms with Gasteiger partial charge in [0.2, 0.25) is 0 Å². The van der Waals surface area contributed by atoms with E-state index in [0.29, 0.717) is 6.61 Å². The van der Waals surface area contributed by atoms with Crippen molar-refractivity contribution in [2.75, 3.05) is 7.11 Å². The average Bonchev–Trinajstić information content (AvgIpc) is 2.59. The largest absolute Gasteiger partial charge is 0.411 e. The lowest BCUT2D eigenvalue weighted by Crippen LogP contribution is -1.84. The van der Waals surface area contributed by atoms with Crippen molar-refractivity contribution in [1.29, 1.82) is 0 Å². The van der Waals surface area contributed by atoms with Gasteiger partial charge >= 0.3 is 0 Å². The number of methoxy groups -OCH3 is 1. The smallest absolute Gasteiger partial charge is 0.0733 e. The molecule has 0 saturated carbocycles. The summed E-state index contributed by atoms with van der Waals surface area (Å²) < 4.78 is 4.93. The molecule has 1 aromatic rings. The molecule has 0 atom stereocenters. The summed E-state index contributed by atoms with van der Waals surface area (Å²) in [5.74, 6) is 0. The number of hydrogen-bond donors (Lipinski definition) is 1. The molecule has 0 unspecified atom stereocenters. The highest BCUT2D eigenvalue weighted by atomic mass is 16.5. The van der Waals surface area contributed by atoms with E-state index in [1.165, 1.54) is 11.8 Å². The SMILES string of the molecule is C=C/C=C(C=C)/C=N/O.C=CC.CC.COCc1ccccc1. The number of nitrogens with zero attached hydrogens (tertiary/aromatic N) is 1. The molecule has 0 bridgehead atoms. The third-order valence-electron chi connectivity index (χ3n) is 1.91. The Bertz CT molecular complexity index is 434. The molecule has 0 aliphatic carbocycles. The quantitative estimate of drug-likeness (QED) is 0.245. The Morgan fingerprint density at radius 3 is 2.04 bits per heavy atom. The highest BCUT2D eigenvalue weighted by Crippen LogP contribution is 1.98. The molecule has 0 aliphatic rings. The Balaban J connectivity index is -0.000000272. The Labute approximate surface area is 142 Å². The number of oxime groups is 1. The van der Waals surface area contributed by atoms with Gasteiger partial charge in [0.1, 0.15) is 0 Å². The van der Waals surface area contributed by atoms with Gasteiger partial charge in [-0.25, -0.2) is 0 Å². The molecule has 0 amide bonds. The summed E-state index contributed by atoms with van der Waals surface area (Å²) in [5, 5.41) is 10.9. The molecule has 0 fully saturated rings. The second-order valence-electron chi connectivity index (χ2n) is 3.68. The molecule has 0 aliphatic heterocycles. The van der Waals surface area contributed by atoms with E-state index < -0.39 is 0 Å². The normalized spacial score (nSPS) is 9.13. The maximum absolute atomic E-state index is 8.04. The van der Waals surface area contributed by atoms with Crippen molar-refractivity contribution in [2.24, 2.45) is 5.16 Å². The minimum atomic E-state index is 0.709. The van der Waals surface area contributed by atoms with Gasteiger partial charge in [0.05, 0.1) is 12.8 Å². The van der Waals surface area contributed by atoms with E-state index in [9.17, 15) is 0 Å². The highest BCUT2D eigenvalue weighted by molar-refractivity contribution is 5.81. The zero-order valence-corrected chi connectivity index (χ0v) is 14.9. The molecule has 1 aromatic carbocycles. The van der Waals surface area contributed by atoms with Gasteiger partial charge in [0.25, 0.3) is 0 Å². The van der Waals surface area contributed by atoms with Gasteiger partial charge < -0.3 is 9.94 Å². The lowest BCUT2D eigenvalue weighted by atomic mass is 10.2. The average molecular weight is 317 g/mol.